The molecule has 0 saturated heterocycles. The van der Waals surface area contributed by atoms with E-state index in [-0.39, 0.29) is 17.9 Å². The molecule has 3 atom stereocenters. The Morgan fingerprint density at radius 3 is 2.60 bits per heavy atom. The topological polar surface area (TPSA) is 98.2 Å². The summed E-state index contributed by atoms with van der Waals surface area (Å²) in [6.45, 7) is 1.59. The quantitative estimate of drug-likeness (QED) is 0.589. The van der Waals surface area contributed by atoms with Crippen LogP contribution in [0, 0.1) is 5.92 Å². The molecule has 0 heterocycles. The van der Waals surface area contributed by atoms with Gasteiger partial charge in [0.25, 0.3) is 0 Å². The summed E-state index contributed by atoms with van der Waals surface area (Å²) in [5.41, 5.74) is 10.8. The van der Waals surface area contributed by atoms with Crippen molar-refractivity contribution < 1.29 is 9.59 Å². The number of carbonyl (C=O) groups excluding carboxylic acids is 2. The van der Waals surface area contributed by atoms with Crippen molar-refractivity contribution in [1.82, 2.24) is 5.32 Å². The lowest BCUT2D eigenvalue weighted by molar-refractivity contribution is -0.130. The third-order valence-electron chi connectivity index (χ3n) is 2.87. The van der Waals surface area contributed by atoms with Gasteiger partial charge in [0.1, 0.15) is 6.04 Å². The molecule has 0 aromatic carbocycles. The number of hydrogen-bond acceptors (Lipinski definition) is 3. The molecule has 15 heavy (non-hydrogen) atoms. The molecule has 0 radical (unpaired) electrons. The lowest BCUT2D eigenvalue weighted by atomic mass is 9.85. The number of carbonyl (C=O) groups is 2. The molecule has 1 rings (SSSR count). The molecule has 1 aliphatic rings. The van der Waals surface area contributed by atoms with Crippen LogP contribution in [0.3, 0.4) is 0 Å². The van der Waals surface area contributed by atoms with Crippen LogP contribution in [0.1, 0.15) is 32.6 Å². The Morgan fingerprint density at radius 1 is 1.40 bits per heavy atom. The summed E-state index contributed by atoms with van der Waals surface area (Å²) in [6, 6.07) is -0.492. The van der Waals surface area contributed by atoms with Crippen molar-refractivity contribution >= 4 is 11.8 Å². The van der Waals surface area contributed by atoms with E-state index in [4.69, 9.17) is 11.5 Å². The van der Waals surface area contributed by atoms with E-state index in [1.54, 1.807) is 6.92 Å². The molecule has 2 unspecified atom stereocenters. The van der Waals surface area contributed by atoms with E-state index in [1.807, 2.05) is 0 Å². The van der Waals surface area contributed by atoms with Crippen molar-refractivity contribution in [2.75, 3.05) is 0 Å². The smallest absolute Gasteiger partial charge is 0.239 e. The molecule has 0 spiro atoms. The predicted molar refractivity (Wildman–Crippen MR) is 56.7 cm³/mol. The Bertz CT molecular complexity index is 255. The fourth-order valence-corrected chi connectivity index (χ4v) is 1.87. The van der Waals surface area contributed by atoms with Gasteiger partial charge in [0.05, 0.1) is 0 Å². The zero-order valence-electron chi connectivity index (χ0n) is 9.03. The summed E-state index contributed by atoms with van der Waals surface area (Å²) in [7, 11) is 0. The molecule has 1 fully saturated rings. The van der Waals surface area contributed by atoms with Crippen molar-refractivity contribution in [3.63, 3.8) is 0 Å². The minimum Gasteiger partial charge on any atom is -0.368 e. The van der Waals surface area contributed by atoms with E-state index in [1.165, 1.54) is 0 Å². The maximum absolute atomic E-state index is 11.7. The molecular formula is C10H19N3O2. The summed E-state index contributed by atoms with van der Waals surface area (Å²) in [5, 5.41) is 2.60. The van der Waals surface area contributed by atoms with Crippen molar-refractivity contribution in [3.05, 3.63) is 0 Å². The summed E-state index contributed by atoms with van der Waals surface area (Å²) < 4.78 is 0. The molecule has 0 aliphatic heterocycles. The highest BCUT2D eigenvalue weighted by molar-refractivity contribution is 5.87. The maximum atomic E-state index is 11.7. The molecule has 0 aromatic rings. The first kappa shape index (κ1) is 12.0. The van der Waals surface area contributed by atoms with Gasteiger partial charge in [0.2, 0.25) is 11.8 Å². The second kappa shape index (κ2) is 5.11. The first-order valence-corrected chi connectivity index (χ1v) is 5.36. The Kier molecular flexibility index (Phi) is 4.08. The molecule has 0 aromatic heterocycles. The summed E-state index contributed by atoms with van der Waals surface area (Å²) in [5.74, 6) is -0.671. The number of rotatable bonds is 3. The van der Waals surface area contributed by atoms with Crippen LogP contribution in [0.25, 0.3) is 0 Å². The number of amides is 2. The van der Waals surface area contributed by atoms with Crippen molar-refractivity contribution in [2.45, 2.75) is 44.7 Å². The van der Waals surface area contributed by atoms with E-state index in [9.17, 15) is 9.59 Å². The van der Waals surface area contributed by atoms with Gasteiger partial charge in [-0.2, -0.15) is 0 Å². The van der Waals surface area contributed by atoms with E-state index in [0.29, 0.717) is 6.42 Å². The Balaban J connectivity index is 2.42. The first-order chi connectivity index (χ1) is 7.00. The zero-order chi connectivity index (χ0) is 11.4. The largest absolute Gasteiger partial charge is 0.368 e. The highest BCUT2D eigenvalue weighted by Gasteiger charge is 2.26. The lowest BCUT2D eigenvalue weighted by Gasteiger charge is -2.26. The molecule has 5 heteroatoms. The van der Waals surface area contributed by atoms with Crippen LogP contribution in [0.5, 0.6) is 0 Å². The van der Waals surface area contributed by atoms with Crippen LogP contribution in [0.2, 0.25) is 0 Å². The van der Waals surface area contributed by atoms with Crippen LogP contribution in [-0.2, 0) is 9.59 Å². The Hall–Kier alpha value is -1.10. The second-order valence-electron chi connectivity index (χ2n) is 4.26. The van der Waals surface area contributed by atoms with Gasteiger partial charge < -0.3 is 16.8 Å². The average Bonchev–Trinajstić information content (AvgIpc) is 2.17. The van der Waals surface area contributed by atoms with E-state index in [2.05, 4.69) is 5.32 Å². The monoisotopic (exact) mass is 213 g/mol. The number of hydrogen-bond donors (Lipinski definition) is 3. The fourth-order valence-electron chi connectivity index (χ4n) is 1.87. The summed E-state index contributed by atoms with van der Waals surface area (Å²) in [4.78, 5) is 22.4. The fraction of sp³-hybridized carbons (Fsp3) is 0.800. The molecule has 2 amide bonds. The van der Waals surface area contributed by atoms with Crippen LogP contribution < -0.4 is 16.8 Å². The minimum absolute atomic E-state index is 0.0597. The van der Waals surface area contributed by atoms with Crippen molar-refractivity contribution in [1.29, 1.82) is 0 Å². The standard InChI is InChI=1S/C10H19N3O2/c1-6(9(12)14)13-10(15)7-3-2-4-8(11)5-7/h6-8H,2-5,11H2,1H3,(H2,12,14)(H,13,15)/t6-,7?,8?/m0/s1. The van der Waals surface area contributed by atoms with E-state index >= 15 is 0 Å². The molecule has 1 aliphatic carbocycles. The average molecular weight is 213 g/mol. The predicted octanol–water partition coefficient (Wildman–Crippen LogP) is -0.506. The zero-order valence-corrected chi connectivity index (χ0v) is 9.03. The van der Waals surface area contributed by atoms with Gasteiger partial charge >= 0.3 is 0 Å². The van der Waals surface area contributed by atoms with E-state index in [0.717, 1.165) is 19.3 Å². The van der Waals surface area contributed by atoms with Crippen molar-refractivity contribution in [2.24, 2.45) is 17.4 Å². The lowest BCUT2D eigenvalue weighted by Crippen LogP contribution is -2.46. The molecule has 0 bridgehead atoms. The summed E-state index contributed by atoms with van der Waals surface area (Å²) >= 11 is 0. The third-order valence-corrected chi connectivity index (χ3v) is 2.87. The van der Waals surface area contributed by atoms with Gasteiger partial charge in [-0.15, -0.1) is 0 Å². The highest BCUT2D eigenvalue weighted by Crippen LogP contribution is 2.23. The summed E-state index contributed by atoms with van der Waals surface area (Å²) in [6.07, 6.45) is 3.52. The normalized spacial score (nSPS) is 28.1. The first-order valence-electron chi connectivity index (χ1n) is 5.36. The second-order valence-corrected chi connectivity index (χ2v) is 4.26. The van der Waals surface area contributed by atoms with Crippen LogP contribution >= 0.6 is 0 Å². The van der Waals surface area contributed by atoms with Crippen LogP contribution in [0.15, 0.2) is 0 Å². The molecule has 5 N–H and O–H groups in total. The van der Waals surface area contributed by atoms with Gasteiger partial charge in [-0.1, -0.05) is 6.42 Å². The number of nitrogens with one attached hydrogen (secondary N) is 1. The van der Waals surface area contributed by atoms with Crippen LogP contribution in [-0.4, -0.2) is 23.9 Å². The molecule has 86 valence electrons. The number of nitrogens with two attached hydrogens (primary N) is 2. The molecule has 5 nitrogen and oxygen atoms in total. The number of primary amides is 1. The Labute approximate surface area is 89.6 Å². The van der Waals surface area contributed by atoms with Crippen LogP contribution in [0.4, 0.5) is 0 Å². The van der Waals surface area contributed by atoms with Gasteiger partial charge in [0, 0.05) is 12.0 Å². The SMILES string of the molecule is C[C@H](NC(=O)C1CCCC(N)C1)C(N)=O. The Morgan fingerprint density at radius 2 is 2.07 bits per heavy atom. The van der Waals surface area contributed by atoms with E-state index < -0.39 is 11.9 Å². The highest BCUT2D eigenvalue weighted by atomic mass is 16.2. The van der Waals surface area contributed by atoms with Gasteiger partial charge in [-0.25, -0.2) is 0 Å². The molecule has 1 saturated carbocycles. The third kappa shape index (κ3) is 3.51. The molecular weight excluding hydrogens is 194 g/mol. The van der Waals surface area contributed by atoms with Gasteiger partial charge in [-0.3, -0.25) is 9.59 Å². The van der Waals surface area contributed by atoms with Gasteiger partial charge in [0.15, 0.2) is 0 Å². The minimum atomic E-state index is -0.601. The van der Waals surface area contributed by atoms with Crippen molar-refractivity contribution in [3.8, 4) is 0 Å². The van der Waals surface area contributed by atoms with Gasteiger partial charge in [-0.05, 0) is 26.2 Å². The maximum Gasteiger partial charge on any atom is 0.239 e.